The lowest BCUT2D eigenvalue weighted by Gasteiger charge is -2.28. The van der Waals surface area contributed by atoms with E-state index in [0.717, 1.165) is 25.8 Å². The number of aliphatic imine (C=N–C) groups is 1. The highest BCUT2D eigenvalue weighted by Crippen LogP contribution is 2.19. The fourth-order valence-corrected chi connectivity index (χ4v) is 3.46. The summed E-state index contributed by atoms with van der Waals surface area (Å²) in [5.74, 6) is 0.454. The molecule has 1 heterocycles. The molecule has 1 aliphatic carbocycles. The van der Waals surface area contributed by atoms with E-state index in [0.29, 0.717) is 18.5 Å². The minimum Gasteiger partial charge on any atom is -0.370 e. The van der Waals surface area contributed by atoms with Crippen molar-refractivity contribution < 1.29 is 4.79 Å². The second-order valence-electron chi connectivity index (χ2n) is 6.51. The molecule has 24 heavy (non-hydrogen) atoms. The highest BCUT2D eigenvalue weighted by Gasteiger charge is 2.20. The number of hydrogen-bond acceptors (Lipinski definition) is 2. The lowest BCUT2D eigenvalue weighted by Crippen LogP contribution is -2.42. The SMILES string of the molecule is I.NC(=NCC(=O)N1CCc2ccccc2C1)NC1CCCCC1. The van der Waals surface area contributed by atoms with E-state index >= 15 is 0 Å². The number of carbonyl (C=O) groups is 1. The van der Waals surface area contributed by atoms with Gasteiger partial charge in [-0.1, -0.05) is 43.5 Å². The number of rotatable bonds is 3. The Bertz CT molecular complexity index is 584. The molecule has 1 amide bonds. The van der Waals surface area contributed by atoms with Crippen LogP contribution in [0.25, 0.3) is 0 Å². The zero-order chi connectivity index (χ0) is 16.1. The van der Waals surface area contributed by atoms with Gasteiger partial charge in [-0.2, -0.15) is 0 Å². The minimum atomic E-state index is 0. The van der Waals surface area contributed by atoms with Gasteiger partial charge in [-0.15, -0.1) is 24.0 Å². The summed E-state index contributed by atoms with van der Waals surface area (Å²) < 4.78 is 0. The second-order valence-corrected chi connectivity index (χ2v) is 6.51. The molecule has 2 aliphatic rings. The Kier molecular flexibility index (Phi) is 7.33. The van der Waals surface area contributed by atoms with Gasteiger partial charge in [0.25, 0.3) is 0 Å². The van der Waals surface area contributed by atoms with Crippen LogP contribution in [0.3, 0.4) is 0 Å². The van der Waals surface area contributed by atoms with Crippen LogP contribution in [0.4, 0.5) is 0 Å². The summed E-state index contributed by atoms with van der Waals surface area (Å²) in [4.78, 5) is 18.5. The smallest absolute Gasteiger partial charge is 0.244 e. The number of hydrogen-bond donors (Lipinski definition) is 2. The van der Waals surface area contributed by atoms with Crippen LogP contribution < -0.4 is 11.1 Å². The number of carbonyl (C=O) groups excluding carboxylic acids is 1. The Labute approximate surface area is 161 Å². The first-order chi connectivity index (χ1) is 11.2. The van der Waals surface area contributed by atoms with Crippen molar-refractivity contribution in [2.75, 3.05) is 13.1 Å². The Hall–Kier alpha value is -1.31. The van der Waals surface area contributed by atoms with Gasteiger partial charge in [0.1, 0.15) is 6.54 Å². The molecule has 1 aromatic rings. The van der Waals surface area contributed by atoms with Gasteiger partial charge in [-0.25, -0.2) is 4.99 Å². The normalized spacial score (nSPS) is 18.5. The summed E-state index contributed by atoms with van der Waals surface area (Å²) in [5.41, 5.74) is 8.51. The summed E-state index contributed by atoms with van der Waals surface area (Å²) in [6.07, 6.45) is 7.01. The second kappa shape index (κ2) is 9.25. The van der Waals surface area contributed by atoms with Gasteiger partial charge in [-0.05, 0) is 30.4 Å². The number of benzene rings is 1. The van der Waals surface area contributed by atoms with E-state index in [1.807, 2.05) is 11.0 Å². The van der Waals surface area contributed by atoms with Crippen molar-refractivity contribution in [2.45, 2.75) is 51.1 Å². The van der Waals surface area contributed by atoms with Crippen molar-refractivity contribution in [3.05, 3.63) is 35.4 Å². The zero-order valence-corrected chi connectivity index (χ0v) is 16.4. The van der Waals surface area contributed by atoms with Crippen LogP contribution in [-0.2, 0) is 17.8 Å². The largest absolute Gasteiger partial charge is 0.370 e. The third-order valence-electron chi connectivity index (χ3n) is 4.83. The molecule has 0 unspecified atom stereocenters. The quantitative estimate of drug-likeness (QED) is 0.429. The molecule has 0 saturated heterocycles. The Morgan fingerprint density at radius 1 is 1.21 bits per heavy atom. The van der Waals surface area contributed by atoms with E-state index in [1.54, 1.807) is 0 Å². The highest BCUT2D eigenvalue weighted by molar-refractivity contribution is 14.0. The third-order valence-corrected chi connectivity index (χ3v) is 4.83. The van der Waals surface area contributed by atoms with Crippen molar-refractivity contribution in [1.82, 2.24) is 10.2 Å². The molecule has 0 aromatic heterocycles. The van der Waals surface area contributed by atoms with Gasteiger partial charge in [0.15, 0.2) is 5.96 Å². The van der Waals surface area contributed by atoms with Gasteiger partial charge in [0.05, 0.1) is 0 Å². The molecule has 3 N–H and O–H groups in total. The number of nitrogens with two attached hydrogens (primary N) is 1. The number of guanidine groups is 1. The average Bonchev–Trinajstić information content (AvgIpc) is 2.60. The van der Waals surface area contributed by atoms with Crippen molar-refractivity contribution in [3.8, 4) is 0 Å². The maximum atomic E-state index is 12.3. The van der Waals surface area contributed by atoms with Gasteiger partial charge in [0, 0.05) is 19.1 Å². The van der Waals surface area contributed by atoms with Crippen LogP contribution in [0.5, 0.6) is 0 Å². The third kappa shape index (κ3) is 5.09. The Morgan fingerprint density at radius 2 is 1.92 bits per heavy atom. The fraction of sp³-hybridized carbons (Fsp3) is 0.556. The number of halogens is 1. The lowest BCUT2D eigenvalue weighted by atomic mass is 9.96. The first-order valence-corrected chi connectivity index (χ1v) is 8.63. The van der Waals surface area contributed by atoms with Gasteiger partial charge in [0.2, 0.25) is 5.91 Å². The number of nitrogens with zero attached hydrogens (tertiary/aromatic N) is 2. The summed E-state index contributed by atoms with van der Waals surface area (Å²) in [7, 11) is 0. The first kappa shape index (κ1) is 19.0. The van der Waals surface area contributed by atoms with Crippen LogP contribution in [-0.4, -0.2) is 35.9 Å². The molecule has 0 radical (unpaired) electrons. The molecule has 132 valence electrons. The number of fused-ring (bicyclic) bond motifs is 1. The molecule has 0 atom stereocenters. The van der Waals surface area contributed by atoms with E-state index in [9.17, 15) is 4.79 Å². The van der Waals surface area contributed by atoms with Crippen LogP contribution in [0.2, 0.25) is 0 Å². The van der Waals surface area contributed by atoms with Crippen LogP contribution >= 0.6 is 24.0 Å². The summed E-state index contributed by atoms with van der Waals surface area (Å²) >= 11 is 0. The van der Waals surface area contributed by atoms with Crippen LogP contribution in [0, 0.1) is 0 Å². The zero-order valence-electron chi connectivity index (χ0n) is 14.0. The molecular formula is C18H27IN4O. The molecule has 1 fully saturated rings. The maximum absolute atomic E-state index is 12.3. The molecule has 0 spiro atoms. The lowest BCUT2D eigenvalue weighted by molar-refractivity contribution is -0.130. The molecule has 1 saturated carbocycles. The van der Waals surface area contributed by atoms with Gasteiger partial charge in [-0.3, -0.25) is 4.79 Å². The highest BCUT2D eigenvalue weighted by atomic mass is 127. The summed E-state index contributed by atoms with van der Waals surface area (Å²) in [5, 5.41) is 3.25. The summed E-state index contributed by atoms with van der Waals surface area (Å²) in [6.45, 7) is 1.58. The van der Waals surface area contributed by atoms with Crippen molar-refractivity contribution in [2.24, 2.45) is 10.7 Å². The minimum absolute atomic E-state index is 0. The van der Waals surface area contributed by atoms with Crippen molar-refractivity contribution in [3.63, 3.8) is 0 Å². The van der Waals surface area contributed by atoms with E-state index < -0.39 is 0 Å². The molecule has 1 aromatic carbocycles. The fourth-order valence-electron chi connectivity index (χ4n) is 3.46. The summed E-state index contributed by atoms with van der Waals surface area (Å²) in [6, 6.07) is 8.73. The van der Waals surface area contributed by atoms with E-state index in [-0.39, 0.29) is 36.4 Å². The first-order valence-electron chi connectivity index (χ1n) is 8.63. The van der Waals surface area contributed by atoms with Gasteiger partial charge >= 0.3 is 0 Å². The standard InChI is InChI=1S/C18H26N4O.HI/c19-18(21-16-8-2-1-3-9-16)20-12-17(23)22-11-10-14-6-4-5-7-15(14)13-22;/h4-7,16H,1-3,8-13H2,(H3,19,20,21);1H. The topological polar surface area (TPSA) is 70.7 Å². The van der Waals surface area contributed by atoms with Crippen molar-refractivity contribution >= 4 is 35.8 Å². The molecule has 6 heteroatoms. The van der Waals surface area contributed by atoms with Gasteiger partial charge < -0.3 is 16.0 Å². The Morgan fingerprint density at radius 3 is 2.67 bits per heavy atom. The molecule has 1 aliphatic heterocycles. The van der Waals surface area contributed by atoms with E-state index in [4.69, 9.17) is 5.73 Å². The maximum Gasteiger partial charge on any atom is 0.244 e. The predicted octanol–water partition coefficient (Wildman–Crippen LogP) is 2.43. The van der Waals surface area contributed by atoms with Crippen LogP contribution in [0.1, 0.15) is 43.2 Å². The molecule has 3 rings (SSSR count). The van der Waals surface area contributed by atoms with Crippen molar-refractivity contribution in [1.29, 1.82) is 0 Å². The van der Waals surface area contributed by atoms with E-state index in [1.165, 1.54) is 30.4 Å². The molecule has 5 nitrogen and oxygen atoms in total. The van der Waals surface area contributed by atoms with Crippen LogP contribution in [0.15, 0.2) is 29.3 Å². The monoisotopic (exact) mass is 442 g/mol. The number of nitrogens with one attached hydrogen (secondary N) is 1. The molecular weight excluding hydrogens is 415 g/mol. The average molecular weight is 442 g/mol. The van der Waals surface area contributed by atoms with E-state index in [2.05, 4.69) is 28.5 Å². The predicted molar refractivity (Wildman–Crippen MR) is 107 cm³/mol. The Balaban J connectivity index is 0.00000208. The number of amides is 1. The molecule has 0 bridgehead atoms.